The van der Waals surface area contributed by atoms with Crippen LogP contribution in [0.4, 0.5) is 0 Å². The molecule has 9 heteroatoms. The standard InChI is InChI=1S/C19H17BrClN5O2/c1-11-6-3-4-8-15(11)27-12(2)18-23-24-19(28-18)14-10-16(20)25-26(14)17-13(21)7-5-9-22-17/h3-12,15H,1-2H3. The first-order valence-electron chi connectivity index (χ1n) is 8.73. The van der Waals surface area contributed by atoms with Gasteiger partial charge in [0.2, 0.25) is 5.89 Å². The maximum absolute atomic E-state index is 6.27. The van der Waals surface area contributed by atoms with Crippen molar-refractivity contribution >= 4 is 27.5 Å². The van der Waals surface area contributed by atoms with Crippen LogP contribution in [0.5, 0.6) is 0 Å². The Morgan fingerprint density at radius 1 is 1.29 bits per heavy atom. The quantitative estimate of drug-likeness (QED) is 0.534. The molecule has 0 saturated heterocycles. The normalized spacial score (nSPS) is 19.9. The minimum atomic E-state index is -0.358. The van der Waals surface area contributed by atoms with Gasteiger partial charge in [-0.15, -0.1) is 10.2 Å². The molecule has 0 aromatic carbocycles. The molecule has 1 aliphatic rings. The third-order valence-electron chi connectivity index (χ3n) is 4.33. The van der Waals surface area contributed by atoms with Crippen molar-refractivity contribution in [3.63, 3.8) is 0 Å². The number of aromatic nitrogens is 5. The predicted molar refractivity (Wildman–Crippen MR) is 108 cm³/mol. The van der Waals surface area contributed by atoms with Crippen LogP contribution in [-0.2, 0) is 4.74 Å². The van der Waals surface area contributed by atoms with E-state index in [0.29, 0.717) is 32.9 Å². The molecule has 0 saturated carbocycles. The lowest BCUT2D eigenvalue weighted by atomic mass is 10.00. The number of nitrogens with zero attached hydrogens (tertiary/aromatic N) is 5. The van der Waals surface area contributed by atoms with Crippen molar-refractivity contribution in [2.75, 3.05) is 0 Å². The van der Waals surface area contributed by atoms with Crippen LogP contribution in [-0.4, -0.2) is 31.1 Å². The summed E-state index contributed by atoms with van der Waals surface area (Å²) >= 11 is 9.65. The van der Waals surface area contributed by atoms with Gasteiger partial charge in [0.1, 0.15) is 16.4 Å². The summed E-state index contributed by atoms with van der Waals surface area (Å²) in [6, 6.07) is 5.26. The summed E-state index contributed by atoms with van der Waals surface area (Å²) in [6.45, 7) is 3.99. The fourth-order valence-electron chi connectivity index (χ4n) is 2.86. The van der Waals surface area contributed by atoms with Gasteiger partial charge in [-0.3, -0.25) is 0 Å². The van der Waals surface area contributed by atoms with Crippen LogP contribution in [0, 0.1) is 5.92 Å². The van der Waals surface area contributed by atoms with E-state index >= 15 is 0 Å². The number of pyridine rings is 1. The van der Waals surface area contributed by atoms with Crippen molar-refractivity contribution < 1.29 is 9.15 Å². The summed E-state index contributed by atoms with van der Waals surface area (Å²) in [5.41, 5.74) is 0.576. The minimum absolute atomic E-state index is 0.0395. The highest BCUT2D eigenvalue weighted by atomic mass is 79.9. The second-order valence-corrected chi connectivity index (χ2v) is 7.61. The van der Waals surface area contributed by atoms with Gasteiger partial charge in [0.05, 0.1) is 11.1 Å². The Labute approximate surface area is 175 Å². The Kier molecular flexibility index (Phi) is 5.43. The van der Waals surface area contributed by atoms with E-state index in [1.165, 1.54) is 0 Å². The van der Waals surface area contributed by atoms with Crippen molar-refractivity contribution in [1.29, 1.82) is 0 Å². The van der Waals surface area contributed by atoms with E-state index < -0.39 is 0 Å². The van der Waals surface area contributed by atoms with Crippen LogP contribution in [0.3, 0.4) is 0 Å². The molecule has 0 N–H and O–H groups in total. The number of ether oxygens (including phenoxy) is 1. The summed E-state index contributed by atoms with van der Waals surface area (Å²) < 4.78 is 14.1. The van der Waals surface area contributed by atoms with Crippen LogP contribution in [0.25, 0.3) is 17.4 Å². The Hall–Kier alpha value is -2.29. The lowest BCUT2D eigenvalue weighted by Gasteiger charge is -2.23. The van der Waals surface area contributed by atoms with E-state index in [1.807, 2.05) is 25.2 Å². The fraction of sp³-hybridized carbons (Fsp3) is 0.263. The highest BCUT2D eigenvalue weighted by molar-refractivity contribution is 9.10. The van der Waals surface area contributed by atoms with Gasteiger partial charge in [0.25, 0.3) is 5.89 Å². The smallest absolute Gasteiger partial charge is 0.266 e. The van der Waals surface area contributed by atoms with Crippen molar-refractivity contribution in [1.82, 2.24) is 25.0 Å². The lowest BCUT2D eigenvalue weighted by Crippen LogP contribution is -2.21. The Morgan fingerprint density at radius 3 is 2.89 bits per heavy atom. The second-order valence-electron chi connectivity index (χ2n) is 6.39. The zero-order valence-corrected chi connectivity index (χ0v) is 17.5. The number of hydrogen-bond acceptors (Lipinski definition) is 6. The van der Waals surface area contributed by atoms with E-state index in [2.05, 4.69) is 49.2 Å². The van der Waals surface area contributed by atoms with Gasteiger partial charge in [0, 0.05) is 18.2 Å². The molecule has 1 aliphatic carbocycles. The average molecular weight is 463 g/mol. The largest absolute Gasteiger partial charge is 0.416 e. The molecular formula is C19H17BrClN5O2. The lowest BCUT2D eigenvalue weighted by molar-refractivity contribution is -0.00873. The van der Waals surface area contributed by atoms with E-state index in [9.17, 15) is 0 Å². The van der Waals surface area contributed by atoms with Crippen molar-refractivity contribution in [3.05, 3.63) is 64.2 Å². The molecule has 0 amide bonds. The number of halogens is 2. The first-order valence-corrected chi connectivity index (χ1v) is 9.90. The molecule has 3 heterocycles. The molecule has 28 heavy (non-hydrogen) atoms. The van der Waals surface area contributed by atoms with Crippen LogP contribution >= 0.6 is 27.5 Å². The van der Waals surface area contributed by atoms with Gasteiger partial charge in [-0.25, -0.2) is 9.67 Å². The van der Waals surface area contributed by atoms with Gasteiger partial charge in [-0.05, 0) is 35.0 Å². The molecule has 4 rings (SSSR count). The third-order valence-corrected chi connectivity index (χ3v) is 5.02. The van der Waals surface area contributed by atoms with Gasteiger partial charge in [0.15, 0.2) is 5.82 Å². The van der Waals surface area contributed by atoms with Crippen molar-refractivity contribution in [2.45, 2.75) is 26.1 Å². The van der Waals surface area contributed by atoms with Crippen LogP contribution in [0.15, 0.2) is 57.7 Å². The predicted octanol–water partition coefficient (Wildman–Crippen LogP) is 4.94. The number of rotatable bonds is 5. The maximum atomic E-state index is 6.27. The number of hydrogen-bond donors (Lipinski definition) is 0. The van der Waals surface area contributed by atoms with E-state index in [4.69, 9.17) is 20.8 Å². The van der Waals surface area contributed by atoms with Crippen LogP contribution < -0.4 is 0 Å². The molecular weight excluding hydrogens is 446 g/mol. The zero-order chi connectivity index (χ0) is 19.7. The first kappa shape index (κ1) is 19.0. The SMILES string of the molecule is CC(OC1C=CC=CC1C)c1nnc(-c2cc(Br)nn2-c2ncccc2Cl)o1. The molecule has 3 atom stereocenters. The Bertz CT molecular complexity index is 1040. The van der Waals surface area contributed by atoms with E-state index in [0.717, 1.165) is 0 Å². The molecule has 0 fully saturated rings. The zero-order valence-electron chi connectivity index (χ0n) is 15.2. The maximum Gasteiger partial charge on any atom is 0.266 e. The highest BCUT2D eigenvalue weighted by Crippen LogP contribution is 2.30. The molecule has 3 aromatic heterocycles. The van der Waals surface area contributed by atoms with Gasteiger partial charge in [-0.1, -0.05) is 42.8 Å². The first-order chi connectivity index (χ1) is 13.5. The summed E-state index contributed by atoms with van der Waals surface area (Å²) in [6.07, 6.45) is 9.36. The summed E-state index contributed by atoms with van der Waals surface area (Å²) in [7, 11) is 0. The molecule has 7 nitrogen and oxygen atoms in total. The van der Waals surface area contributed by atoms with Crippen molar-refractivity contribution in [2.24, 2.45) is 5.92 Å². The molecule has 0 aliphatic heterocycles. The average Bonchev–Trinajstić information content (AvgIpc) is 3.31. The third kappa shape index (κ3) is 3.80. The monoisotopic (exact) mass is 461 g/mol. The minimum Gasteiger partial charge on any atom is -0.416 e. The summed E-state index contributed by atoms with van der Waals surface area (Å²) in [5.74, 6) is 1.44. The van der Waals surface area contributed by atoms with Crippen LogP contribution in [0.2, 0.25) is 5.02 Å². The summed E-state index contributed by atoms with van der Waals surface area (Å²) in [4.78, 5) is 4.29. The van der Waals surface area contributed by atoms with E-state index in [1.54, 1.807) is 29.1 Å². The van der Waals surface area contributed by atoms with Gasteiger partial charge >= 0.3 is 0 Å². The number of allylic oxidation sites excluding steroid dienone is 2. The second kappa shape index (κ2) is 7.98. The molecule has 0 radical (unpaired) electrons. The van der Waals surface area contributed by atoms with Gasteiger partial charge < -0.3 is 9.15 Å². The molecule has 3 aromatic rings. The molecule has 3 unspecified atom stereocenters. The van der Waals surface area contributed by atoms with Crippen molar-refractivity contribution in [3.8, 4) is 17.4 Å². The molecule has 144 valence electrons. The molecule has 0 spiro atoms. The fourth-order valence-corrected chi connectivity index (χ4v) is 3.44. The highest BCUT2D eigenvalue weighted by Gasteiger charge is 2.24. The summed E-state index contributed by atoms with van der Waals surface area (Å²) in [5, 5.41) is 13.2. The van der Waals surface area contributed by atoms with Crippen LogP contribution in [0.1, 0.15) is 25.8 Å². The Morgan fingerprint density at radius 2 is 2.11 bits per heavy atom. The Balaban J connectivity index is 1.61. The molecule has 0 bridgehead atoms. The van der Waals surface area contributed by atoms with E-state index in [-0.39, 0.29) is 18.1 Å². The topological polar surface area (TPSA) is 78.9 Å². The van der Waals surface area contributed by atoms with Gasteiger partial charge in [-0.2, -0.15) is 5.10 Å².